The highest BCUT2D eigenvalue weighted by Crippen LogP contribution is 2.16. The van der Waals surface area contributed by atoms with Gasteiger partial charge in [-0.15, -0.1) is 0 Å². The van der Waals surface area contributed by atoms with E-state index in [4.69, 9.17) is 5.11 Å². The lowest BCUT2D eigenvalue weighted by Crippen LogP contribution is -2.19. The van der Waals surface area contributed by atoms with Crippen LogP contribution in [0, 0.1) is 5.82 Å². The Bertz CT molecular complexity index is 334. The first-order valence-electron chi connectivity index (χ1n) is 5.40. The highest BCUT2D eigenvalue weighted by Gasteiger charge is 2.13. The summed E-state index contributed by atoms with van der Waals surface area (Å²) in [6, 6.07) is 4.83. The van der Waals surface area contributed by atoms with Crippen LogP contribution < -0.4 is 0 Å². The fourth-order valence-corrected chi connectivity index (χ4v) is 2.03. The van der Waals surface area contributed by atoms with Gasteiger partial charge in [0, 0.05) is 12.1 Å². The summed E-state index contributed by atoms with van der Waals surface area (Å²) in [6.45, 7) is 2.76. The van der Waals surface area contributed by atoms with E-state index in [2.05, 4.69) is 4.90 Å². The van der Waals surface area contributed by atoms with Crippen LogP contribution in [0.1, 0.15) is 24.0 Å². The molecule has 15 heavy (non-hydrogen) atoms. The Morgan fingerprint density at radius 2 is 2.00 bits per heavy atom. The molecule has 1 saturated heterocycles. The minimum atomic E-state index is -0.167. The second-order valence-electron chi connectivity index (χ2n) is 4.07. The zero-order valence-electron chi connectivity index (χ0n) is 8.75. The van der Waals surface area contributed by atoms with Crippen molar-refractivity contribution < 1.29 is 9.50 Å². The molecule has 1 aromatic carbocycles. The molecule has 1 fully saturated rings. The van der Waals surface area contributed by atoms with Gasteiger partial charge in [-0.1, -0.05) is 6.07 Å². The van der Waals surface area contributed by atoms with Gasteiger partial charge in [0.2, 0.25) is 0 Å². The number of aliphatic hydroxyl groups excluding tert-OH is 1. The highest BCUT2D eigenvalue weighted by atomic mass is 19.1. The molecular formula is C12H16FNO. The predicted molar refractivity (Wildman–Crippen MR) is 56.8 cm³/mol. The predicted octanol–water partition coefficient (Wildman–Crippen LogP) is 1.91. The molecule has 1 aliphatic rings. The molecule has 0 spiro atoms. The Hall–Kier alpha value is -0.930. The topological polar surface area (TPSA) is 23.5 Å². The zero-order valence-corrected chi connectivity index (χ0v) is 8.75. The molecule has 0 atom stereocenters. The first-order valence-corrected chi connectivity index (χ1v) is 5.40. The first-order chi connectivity index (χ1) is 7.29. The summed E-state index contributed by atoms with van der Waals surface area (Å²) in [5.74, 6) is -0.167. The fraction of sp³-hybridized carbons (Fsp3) is 0.500. The van der Waals surface area contributed by atoms with Gasteiger partial charge in [-0.2, -0.15) is 0 Å². The summed E-state index contributed by atoms with van der Waals surface area (Å²) < 4.78 is 13.5. The van der Waals surface area contributed by atoms with Gasteiger partial charge in [0.15, 0.2) is 0 Å². The zero-order chi connectivity index (χ0) is 10.7. The van der Waals surface area contributed by atoms with Crippen molar-refractivity contribution in [2.75, 3.05) is 13.1 Å². The molecular weight excluding hydrogens is 193 g/mol. The van der Waals surface area contributed by atoms with Gasteiger partial charge >= 0.3 is 0 Å². The van der Waals surface area contributed by atoms with Crippen molar-refractivity contribution in [3.8, 4) is 0 Å². The van der Waals surface area contributed by atoms with E-state index in [1.165, 1.54) is 18.9 Å². The minimum Gasteiger partial charge on any atom is -0.392 e. The molecule has 3 heteroatoms. The third-order valence-electron chi connectivity index (χ3n) is 2.89. The summed E-state index contributed by atoms with van der Waals surface area (Å²) in [6.07, 6.45) is 2.42. The highest BCUT2D eigenvalue weighted by molar-refractivity contribution is 5.24. The molecule has 2 rings (SSSR count). The Balaban J connectivity index is 2.11. The van der Waals surface area contributed by atoms with E-state index >= 15 is 0 Å². The third kappa shape index (κ3) is 2.55. The number of halogens is 1. The largest absolute Gasteiger partial charge is 0.392 e. The van der Waals surface area contributed by atoms with Crippen LogP contribution in [0.15, 0.2) is 18.2 Å². The number of aliphatic hydroxyl groups is 1. The maximum atomic E-state index is 13.5. The smallest absolute Gasteiger partial charge is 0.127 e. The van der Waals surface area contributed by atoms with Gasteiger partial charge in [-0.3, -0.25) is 4.90 Å². The molecule has 1 aliphatic heterocycles. The second-order valence-corrected chi connectivity index (χ2v) is 4.07. The Labute approximate surface area is 89.3 Å². The molecule has 0 radical (unpaired) electrons. The van der Waals surface area contributed by atoms with Crippen LogP contribution in [0.5, 0.6) is 0 Å². The van der Waals surface area contributed by atoms with Gasteiger partial charge < -0.3 is 5.11 Å². The number of nitrogens with zero attached hydrogens (tertiary/aromatic N) is 1. The molecule has 82 valence electrons. The number of rotatable bonds is 3. The summed E-state index contributed by atoms with van der Waals surface area (Å²) >= 11 is 0. The van der Waals surface area contributed by atoms with Crippen molar-refractivity contribution in [1.29, 1.82) is 0 Å². The van der Waals surface area contributed by atoms with Crippen LogP contribution in [0.25, 0.3) is 0 Å². The van der Waals surface area contributed by atoms with Crippen molar-refractivity contribution in [1.82, 2.24) is 4.90 Å². The normalized spacial score (nSPS) is 17.2. The van der Waals surface area contributed by atoms with Crippen LogP contribution in [0.3, 0.4) is 0 Å². The Morgan fingerprint density at radius 1 is 1.27 bits per heavy atom. The Kier molecular flexibility index (Phi) is 3.34. The second kappa shape index (κ2) is 4.73. The van der Waals surface area contributed by atoms with Crippen LogP contribution >= 0.6 is 0 Å². The van der Waals surface area contributed by atoms with E-state index in [0.717, 1.165) is 18.7 Å². The summed E-state index contributed by atoms with van der Waals surface area (Å²) in [5.41, 5.74) is 1.48. The van der Waals surface area contributed by atoms with Gasteiger partial charge in [0.25, 0.3) is 0 Å². The maximum absolute atomic E-state index is 13.5. The van der Waals surface area contributed by atoms with Crippen molar-refractivity contribution in [2.45, 2.75) is 26.0 Å². The molecule has 0 aliphatic carbocycles. The quantitative estimate of drug-likeness (QED) is 0.822. The lowest BCUT2D eigenvalue weighted by Gasteiger charge is -2.15. The van der Waals surface area contributed by atoms with E-state index in [1.807, 2.05) is 0 Å². The first kappa shape index (κ1) is 10.6. The van der Waals surface area contributed by atoms with Crippen molar-refractivity contribution >= 4 is 0 Å². The molecule has 1 N–H and O–H groups in total. The van der Waals surface area contributed by atoms with Crippen molar-refractivity contribution in [2.24, 2.45) is 0 Å². The van der Waals surface area contributed by atoms with Gasteiger partial charge in [0.1, 0.15) is 5.82 Å². The average Bonchev–Trinajstić information content (AvgIpc) is 2.74. The summed E-state index contributed by atoms with van der Waals surface area (Å²) in [7, 11) is 0. The summed E-state index contributed by atoms with van der Waals surface area (Å²) in [5, 5.41) is 8.98. The molecule has 1 heterocycles. The monoisotopic (exact) mass is 209 g/mol. The fourth-order valence-electron chi connectivity index (χ4n) is 2.03. The maximum Gasteiger partial charge on any atom is 0.127 e. The van der Waals surface area contributed by atoms with Crippen molar-refractivity contribution in [3.63, 3.8) is 0 Å². The van der Waals surface area contributed by atoms with E-state index < -0.39 is 0 Å². The lowest BCUT2D eigenvalue weighted by molar-refractivity contribution is 0.280. The van der Waals surface area contributed by atoms with Crippen LogP contribution in [-0.4, -0.2) is 23.1 Å². The van der Waals surface area contributed by atoms with Crippen LogP contribution in [-0.2, 0) is 13.2 Å². The molecule has 0 amide bonds. The molecule has 0 aromatic heterocycles. The average molecular weight is 209 g/mol. The van der Waals surface area contributed by atoms with E-state index in [-0.39, 0.29) is 12.4 Å². The van der Waals surface area contributed by atoms with E-state index in [9.17, 15) is 4.39 Å². The molecule has 0 bridgehead atoms. The molecule has 0 saturated carbocycles. The number of hydrogen-bond donors (Lipinski definition) is 1. The number of hydrogen-bond acceptors (Lipinski definition) is 2. The number of likely N-dealkylation sites (tertiary alicyclic amines) is 1. The van der Waals surface area contributed by atoms with Crippen molar-refractivity contribution in [3.05, 3.63) is 35.1 Å². The minimum absolute atomic E-state index is 0.0206. The molecule has 2 nitrogen and oxygen atoms in total. The standard InChI is InChI=1S/C12H16FNO/c13-12-4-3-10(9-15)7-11(12)8-14-5-1-2-6-14/h3-4,7,15H,1-2,5-6,8-9H2. The lowest BCUT2D eigenvalue weighted by atomic mass is 10.1. The Morgan fingerprint density at radius 3 is 2.67 bits per heavy atom. The molecule has 1 aromatic rings. The van der Waals surface area contributed by atoms with Gasteiger partial charge in [-0.25, -0.2) is 4.39 Å². The summed E-state index contributed by atoms with van der Waals surface area (Å²) in [4.78, 5) is 2.25. The number of benzene rings is 1. The third-order valence-corrected chi connectivity index (χ3v) is 2.89. The van der Waals surface area contributed by atoms with Gasteiger partial charge in [0.05, 0.1) is 6.61 Å². The SMILES string of the molecule is OCc1ccc(F)c(CN2CCCC2)c1. The van der Waals surface area contributed by atoms with E-state index in [1.54, 1.807) is 12.1 Å². The van der Waals surface area contributed by atoms with Crippen LogP contribution in [0.4, 0.5) is 4.39 Å². The van der Waals surface area contributed by atoms with Crippen LogP contribution in [0.2, 0.25) is 0 Å². The van der Waals surface area contributed by atoms with Gasteiger partial charge in [-0.05, 0) is 43.6 Å². The molecule has 0 unspecified atom stereocenters. The van der Waals surface area contributed by atoms with E-state index in [0.29, 0.717) is 12.1 Å².